The number of aryl methyl sites for hydroxylation is 1. The summed E-state index contributed by atoms with van der Waals surface area (Å²) in [5, 5.41) is 13.7. The molecule has 0 bridgehead atoms. The SMILES string of the molecule is CCCC(=O)O[C@H](C(=O)Nc1ccc(C)cc1[N+](=O)[O-])c1ccccc1. The first-order valence-corrected chi connectivity index (χ1v) is 8.22. The number of anilines is 1. The van der Waals surface area contributed by atoms with E-state index < -0.39 is 22.9 Å². The average molecular weight is 356 g/mol. The smallest absolute Gasteiger partial charge is 0.306 e. The van der Waals surface area contributed by atoms with Crippen molar-refractivity contribution in [3.05, 3.63) is 69.8 Å². The second kappa shape index (κ2) is 8.75. The molecule has 0 aliphatic rings. The fourth-order valence-corrected chi connectivity index (χ4v) is 2.39. The number of carbonyl (C=O) groups is 2. The molecule has 2 aromatic rings. The predicted octanol–water partition coefficient (Wildman–Crippen LogP) is 3.93. The molecule has 2 aromatic carbocycles. The largest absolute Gasteiger partial charge is 0.447 e. The molecule has 0 spiro atoms. The van der Waals surface area contributed by atoms with Gasteiger partial charge in [-0.2, -0.15) is 0 Å². The van der Waals surface area contributed by atoms with E-state index in [0.29, 0.717) is 17.5 Å². The molecule has 0 saturated carbocycles. The van der Waals surface area contributed by atoms with Crippen molar-refractivity contribution in [2.45, 2.75) is 32.8 Å². The highest BCUT2D eigenvalue weighted by Crippen LogP contribution is 2.27. The maximum absolute atomic E-state index is 12.7. The van der Waals surface area contributed by atoms with E-state index >= 15 is 0 Å². The lowest BCUT2D eigenvalue weighted by Crippen LogP contribution is -2.26. The Morgan fingerprint density at radius 1 is 1.19 bits per heavy atom. The van der Waals surface area contributed by atoms with Gasteiger partial charge in [0.2, 0.25) is 6.10 Å². The number of hydrogen-bond acceptors (Lipinski definition) is 5. The standard InChI is InChI=1S/C19H20N2O5/c1-3-7-17(22)26-18(14-8-5-4-6-9-14)19(23)20-15-11-10-13(2)12-16(15)21(24)25/h4-6,8-12,18H,3,7H2,1-2H3,(H,20,23)/t18-/m0/s1. The Labute approximate surface area is 151 Å². The third-order valence-corrected chi connectivity index (χ3v) is 3.65. The van der Waals surface area contributed by atoms with E-state index in [0.717, 1.165) is 0 Å². The van der Waals surface area contributed by atoms with Crippen LogP contribution in [-0.2, 0) is 14.3 Å². The summed E-state index contributed by atoms with van der Waals surface area (Å²) in [6.07, 6.45) is -0.414. The monoisotopic (exact) mass is 356 g/mol. The number of esters is 1. The zero-order valence-electron chi connectivity index (χ0n) is 14.6. The number of rotatable bonds is 7. The van der Waals surface area contributed by atoms with Gasteiger partial charge in [-0.3, -0.25) is 19.7 Å². The van der Waals surface area contributed by atoms with Crippen LogP contribution in [0.25, 0.3) is 0 Å². The summed E-state index contributed by atoms with van der Waals surface area (Å²) in [5.41, 5.74) is 1.02. The third kappa shape index (κ3) is 4.89. The van der Waals surface area contributed by atoms with Gasteiger partial charge in [0.15, 0.2) is 0 Å². The lowest BCUT2D eigenvalue weighted by atomic mass is 10.1. The van der Waals surface area contributed by atoms with Crippen molar-refractivity contribution in [3.8, 4) is 0 Å². The predicted molar refractivity (Wildman–Crippen MR) is 96.6 cm³/mol. The highest BCUT2D eigenvalue weighted by atomic mass is 16.6. The quantitative estimate of drug-likeness (QED) is 0.460. The van der Waals surface area contributed by atoms with Gasteiger partial charge in [-0.25, -0.2) is 0 Å². The summed E-state index contributed by atoms with van der Waals surface area (Å²) in [4.78, 5) is 35.3. The molecule has 1 atom stereocenters. The van der Waals surface area contributed by atoms with E-state index in [1.54, 1.807) is 43.3 Å². The second-order valence-electron chi connectivity index (χ2n) is 5.80. The van der Waals surface area contributed by atoms with E-state index in [1.807, 2.05) is 6.92 Å². The molecule has 0 aromatic heterocycles. The van der Waals surface area contributed by atoms with Crippen LogP contribution < -0.4 is 5.32 Å². The molecule has 7 heteroatoms. The van der Waals surface area contributed by atoms with Crippen LogP contribution in [0.5, 0.6) is 0 Å². The minimum absolute atomic E-state index is 0.0538. The molecule has 0 aliphatic heterocycles. The normalized spacial score (nSPS) is 11.5. The van der Waals surface area contributed by atoms with Crippen LogP contribution in [0.4, 0.5) is 11.4 Å². The van der Waals surface area contributed by atoms with Gasteiger partial charge >= 0.3 is 5.97 Å². The molecule has 26 heavy (non-hydrogen) atoms. The van der Waals surface area contributed by atoms with Crippen LogP contribution in [0.3, 0.4) is 0 Å². The summed E-state index contributed by atoms with van der Waals surface area (Å²) in [6.45, 7) is 3.55. The van der Waals surface area contributed by atoms with Crippen LogP contribution in [0.1, 0.15) is 37.0 Å². The van der Waals surface area contributed by atoms with Gasteiger partial charge in [-0.05, 0) is 25.0 Å². The van der Waals surface area contributed by atoms with Crippen molar-refractivity contribution in [1.82, 2.24) is 0 Å². The maximum atomic E-state index is 12.7. The first kappa shape index (κ1) is 19.1. The Balaban J connectivity index is 2.30. The molecule has 2 rings (SSSR count). The van der Waals surface area contributed by atoms with Crippen LogP contribution in [0.2, 0.25) is 0 Å². The number of amides is 1. The Morgan fingerprint density at radius 2 is 1.88 bits per heavy atom. The molecule has 0 unspecified atom stereocenters. The summed E-state index contributed by atoms with van der Waals surface area (Å²) >= 11 is 0. The molecule has 1 N–H and O–H groups in total. The number of nitrogens with zero attached hydrogens (tertiary/aromatic N) is 1. The maximum Gasteiger partial charge on any atom is 0.306 e. The van der Waals surface area contributed by atoms with Gasteiger partial charge in [0.05, 0.1) is 4.92 Å². The Morgan fingerprint density at radius 3 is 2.50 bits per heavy atom. The number of carbonyl (C=O) groups excluding carboxylic acids is 2. The number of nitro benzene ring substituents is 1. The number of nitro groups is 1. The van der Waals surface area contributed by atoms with Crippen molar-refractivity contribution in [1.29, 1.82) is 0 Å². The van der Waals surface area contributed by atoms with Crippen molar-refractivity contribution in [2.75, 3.05) is 5.32 Å². The van der Waals surface area contributed by atoms with Crippen molar-refractivity contribution >= 4 is 23.3 Å². The molecule has 7 nitrogen and oxygen atoms in total. The Kier molecular flexibility index (Phi) is 6.43. The van der Waals surface area contributed by atoms with Crippen LogP contribution >= 0.6 is 0 Å². The highest BCUT2D eigenvalue weighted by molar-refractivity contribution is 5.97. The molecule has 0 fully saturated rings. The minimum atomic E-state index is -1.18. The first-order chi connectivity index (χ1) is 12.4. The molecule has 0 aliphatic carbocycles. The molecule has 0 radical (unpaired) electrons. The topological polar surface area (TPSA) is 98.5 Å². The number of nitrogens with one attached hydrogen (secondary N) is 1. The second-order valence-corrected chi connectivity index (χ2v) is 5.80. The van der Waals surface area contributed by atoms with E-state index in [4.69, 9.17) is 4.74 Å². The number of ether oxygens (including phenoxy) is 1. The van der Waals surface area contributed by atoms with E-state index in [-0.39, 0.29) is 17.8 Å². The fourth-order valence-electron chi connectivity index (χ4n) is 2.39. The molecule has 0 heterocycles. The van der Waals surface area contributed by atoms with Gasteiger partial charge < -0.3 is 10.1 Å². The van der Waals surface area contributed by atoms with Crippen molar-refractivity contribution in [2.24, 2.45) is 0 Å². The zero-order chi connectivity index (χ0) is 19.1. The first-order valence-electron chi connectivity index (χ1n) is 8.22. The van der Waals surface area contributed by atoms with Gasteiger partial charge in [-0.15, -0.1) is 0 Å². The van der Waals surface area contributed by atoms with Crippen LogP contribution in [0, 0.1) is 17.0 Å². The third-order valence-electron chi connectivity index (χ3n) is 3.65. The summed E-state index contributed by atoms with van der Waals surface area (Å²) < 4.78 is 5.31. The summed E-state index contributed by atoms with van der Waals surface area (Å²) in [6, 6.07) is 13.0. The molecule has 0 saturated heterocycles. The zero-order valence-corrected chi connectivity index (χ0v) is 14.6. The van der Waals surface area contributed by atoms with Crippen LogP contribution in [-0.4, -0.2) is 16.8 Å². The highest BCUT2D eigenvalue weighted by Gasteiger charge is 2.27. The van der Waals surface area contributed by atoms with E-state index in [2.05, 4.69) is 5.32 Å². The molecular weight excluding hydrogens is 336 g/mol. The van der Waals surface area contributed by atoms with Gasteiger partial charge in [0.25, 0.3) is 11.6 Å². The Hall–Kier alpha value is -3.22. The number of hydrogen-bond donors (Lipinski definition) is 1. The van der Waals surface area contributed by atoms with E-state index in [9.17, 15) is 19.7 Å². The Bertz CT molecular complexity index is 805. The lowest BCUT2D eigenvalue weighted by Gasteiger charge is -2.18. The average Bonchev–Trinajstić information content (AvgIpc) is 2.62. The van der Waals surface area contributed by atoms with Gasteiger partial charge in [0, 0.05) is 18.1 Å². The van der Waals surface area contributed by atoms with Crippen molar-refractivity contribution in [3.63, 3.8) is 0 Å². The number of benzene rings is 2. The fraction of sp³-hybridized carbons (Fsp3) is 0.263. The molecule has 136 valence electrons. The minimum Gasteiger partial charge on any atom is -0.447 e. The van der Waals surface area contributed by atoms with E-state index in [1.165, 1.54) is 12.1 Å². The summed E-state index contributed by atoms with van der Waals surface area (Å²) in [7, 11) is 0. The van der Waals surface area contributed by atoms with Gasteiger partial charge in [0.1, 0.15) is 5.69 Å². The lowest BCUT2D eigenvalue weighted by molar-refractivity contribution is -0.384. The molecule has 1 amide bonds. The summed E-state index contributed by atoms with van der Waals surface area (Å²) in [5.74, 6) is -1.15. The molecular formula is C19H20N2O5. The van der Waals surface area contributed by atoms with Gasteiger partial charge in [-0.1, -0.05) is 43.3 Å². The van der Waals surface area contributed by atoms with Crippen LogP contribution in [0.15, 0.2) is 48.5 Å². The van der Waals surface area contributed by atoms with Crippen molar-refractivity contribution < 1.29 is 19.2 Å².